The molecule has 0 aromatic heterocycles. The van der Waals surface area contributed by atoms with Crippen LogP contribution in [-0.4, -0.2) is 19.3 Å². The zero-order valence-corrected chi connectivity index (χ0v) is 11.6. The van der Waals surface area contributed by atoms with Crippen LogP contribution in [0.25, 0.3) is 0 Å². The summed E-state index contributed by atoms with van der Waals surface area (Å²) in [6.07, 6.45) is -3.36. The van der Waals surface area contributed by atoms with Crippen molar-refractivity contribution in [1.82, 2.24) is 5.32 Å². The summed E-state index contributed by atoms with van der Waals surface area (Å²) >= 11 is 5.92. The number of benzene rings is 1. The predicted octanol–water partition coefficient (Wildman–Crippen LogP) is 4.34. The van der Waals surface area contributed by atoms with Gasteiger partial charge >= 0.3 is 6.18 Å². The monoisotopic (exact) mass is 295 g/mol. The van der Waals surface area contributed by atoms with Crippen LogP contribution in [0, 0.1) is 0 Å². The second-order valence-corrected chi connectivity index (χ2v) is 4.68. The Morgan fingerprint density at radius 1 is 1.37 bits per heavy atom. The molecule has 6 heteroatoms. The molecular weight excluding hydrogens is 279 g/mol. The number of rotatable bonds is 6. The maximum atomic E-state index is 12.0. The summed E-state index contributed by atoms with van der Waals surface area (Å²) in [6.45, 7) is 3.55. The number of ether oxygens (including phenoxy) is 1. The van der Waals surface area contributed by atoms with Gasteiger partial charge in [-0.25, -0.2) is 0 Å². The minimum absolute atomic E-state index is 0.0467. The average Bonchev–Trinajstić information content (AvgIpc) is 2.33. The standard InChI is InChI=1S/C13H17ClF3NO/c1-3-6-18-9(2)10-4-5-12(11(14)7-10)19-8-13(15,16)17/h4-5,7,9,18H,3,6,8H2,1-2H3. The second-order valence-electron chi connectivity index (χ2n) is 4.27. The van der Waals surface area contributed by atoms with Crippen LogP contribution in [0.5, 0.6) is 5.75 Å². The van der Waals surface area contributed by atoms with Gasteiger partial charge in [0.1, 0.15) is 5.75 Å². The van der Waals surface area contributed by atoms with Gasteiger partial charge in [0, 0.05) is 6.04 Å². The van der Waals surface area contributed by atoms with E-state index < -0.39 is 12.8 Å². The summed E-state index contributed by atoms with van der Waals surface area (Å²) in [7, 11) is 0. The second kappa shape index (κ2) is 7.01. The summed E-state index contributed by atoms with van der Waals surface area (Å²) in [5.41, 5.74) is 0.915. The van der Waals surface area contributed by atoms with Gasteiger partial charge in [-0.05, 0) is 37.6 Å². The first-order valence-electron chi connectivity index (χ1n) is 6.06. The molecule has 1 N–H and O–H groups in total. The van der Waals surface area contributed by atoms with E-state index in [1.54, 1.807) is 12.1 Å². The van der Waals surface area contributed by atoms with Crippen LogP contribution in [0.3, 0.4) is 0 Å². The van der Waals surface area contributed by atoms with Crippen molar-refractivity contribution in [3.8, 4) is 5.75 Å². The molecule has 1 unspecified atom stereocenters. The van der Waals surface area contributed by atoms with E-state index in [2.05, 4.69) is 17.0 Å². The number of halogens is 4. The molecule has 0 aliphatic carbocycles. The Balaban J connectivity index is 2.69. The van der Waals surface area contributed by atoms with Crippen LogP contribution in [-0.2, 0) is 0 Å². The highest BCUT2D eigenvalue weighted by atomic mass is 35.5. The van der Waals surface area contributed by atoms with E-state index in [0.29, 0.717) is 0 Å². The smallest absolute Gasteiger partial charge is 0.422 e. The molecule has 108 valence electrons. The Kier molecular flexibility index (Phi) is 5.94. The first kappa shape index (κ1) is 16.1. The Morgan fingerprint density at radius 2 is 2.05 bits per heavy atom. The molecular formula is C13H17ClF3NO. The van der Waals surface area contributed by atoms with E-state index in [-0.39, 0.29) is 16.8 Å². The van der Waals surface area contributed by atoms with Crippen molar-refractivity contribution in [2.24, 2.45) is 0 Å². The molecule has 19 heavy (non-hydrogen) atoms. The lowest BCUT2D eigenvalue weighted by molar-refractivity contribution is -0.153. The topological polar surface area (TPSA) is 21.3 Å². The van der Waals surface area contributed by atoms with Crippen LogP contribution >= 0.6 is 11.6 Å². The van der Waals surface area contributed by atoms with Crippen molar-refractivity contribution >= 4 is 11.6 Å². The molecule has 0 fully saturated rings. The summed E-state index contributed by atoms with van der Waals surface area (Å²) in [6, 6.07) is 4.90. The van der Waals surface area contributed by atoms with Gasteiger partial charge < -0.3 is 10.1 Å². The van der Waals surface area contributed by atoms with Crippen LogP contribution in [0.15, 0.2) is 18.2 Å². The predicted molar refractivity (Wildman–Crippen MR) is 69.7 cm³/mol. The van der Waals surface area contributed by atoms with Crippen molar-refractivity contribution < 1.29 is 17.9 Å². The van der Waals surface area contributed by atoms with Gasteiger partial charge in [0.25, 0.3) is 0 Å². The lowest BCUT2D eigenvalue weighted by Gasteiger charge is -2.16. The van der Waals surface area contributed by atoms with E-state index >= 15 is 0 Å². The maximum absolute atomic E-state index is 12.0. The molecule has 0 aliphatic heterocycles. The number of nitrogens with one attached hydrogen (secondary N) is 1. The molecule has 0 saturated carbocycles. The van der Waals surface area contributed by atoms with Gasteiger partial charge in [-0.3, -0.25) is 0 Å². The Morgan fingerprint density at radius 3 is 2.58 bits per heavy atom. The SMILES string of the molecule is CCCNC(C)c1ccc(OCC(F)(F)F)c(Cl)c1. The lowest BCUT2D eigenvalue weighted by atomic mass is 10.1. The first-order valence-corrected chi connectivity index (χ1v) is 6.43. The molecule has 0 bridgehead atoms. The molecule has 1 aromatic rings. The van der Waals surface area contributed by atoms with Crippen LogP contribution in [0.4, 0.5) is 13.2 Å². The molecule has 1 atom stereocenters. The van der Waals surface area contributed by atoms with Gasteiger partial charge in [-0.15, -0.1) is 0 Å². The lowest BCUT2D eigenvalue weighted by Crippen LogP contribution is -2.20. The molecule has 2 nitrogen and oxygen atoms in total. The zero-order valence-electron chi connectivity index (χ0n) is 10.9. The van der Waals surface area contributed by atoms with E-state index in [4.69, 9.17) is 11.6 Å². The van der Waals surface area contributed by atoms with E-state index in [0.717, 1.165) is 18.5 Å². The van der Waals surface area contributed by atoms with Crippen LogP contribution in [0.1, 0.15) is 31.9 Å². The molecule has 0 radical (unpaired) electrons. The third-order valence-electron chi connectivity index (χ3n) is 2.55. The largest absolute Gasteiger partial charge is 0.483 e. The zero-order chi connectivity index (χ0) is 14.5. The molecule has 1 aromatic carbocycles. The minimum Gasteiger partial charge on any atom is -0.483 e. The summed E-state index contributed by atoms with van der Waals surface area (Å²) < 4.78 is 40.8. The molecule has 0 saturated heterocycles. The van der Waals surface area contributed by atoms with Crippen molar-refractivity contribution in [1.29, 1.82) is 0 Å². The average molecular weight is 296 g/mol. The van der Waals surface area contributed by atoms with Crippen molar-refractivity contribution in [2.75, 3.05) is 13.2 Å². The van der Waals surface area contributed by atoms with Gasteiger partial charge in [-0.2, -0.15) is 13.2 Å². The number of hydrogen-bond donors (Lipinski definition) is 1. The van der Waals surface area contributed by atoms with Crippen molar-refractivity contribution in [3.63, 3.8) is 0 Å². The normalized spacial score (nSPS) is 13.4. The highest BCUT2D eigenvalue weighted by Crippen LogP contribution is 2.29. The summed E-state index contributed by atoms with van der Waals surface area (Å²) in [4.78, 5) is 0. The Hall–Kier alpha value is -0.940. The fourth-order valence-corrected chi connectivity index (χ4v) is 1.79. The maximum Gasteiger partial charge on any atom is 0.422 e. The third-order valence-corrected chi connectivity index (χ3v) is 2.84. The fraction of sp³-hybridized carbons (Fsp3) is 0.538. The molecule has 0 spiro atoms. The van der Waals surface area contributed by atoms with Gasteiger partial charge in [-0.1, -0.05) is 24.6 Å². The van der Waals surface area contributed by atoms with E-state index in [1.165, 1.54) is 6.07 Å². The van der Waals surface area contributed by atoms with Crippen LogP contribution in [0.2, 0.25) is 5.02 Å². The van der Waals surface area contributed by atoms with Gasteiger partial charge in [0.05, 0.1) is 5.02 Å². The van der Waals surface area contributed by atoms with E-state index in [9.17, 15) is 13.2 Å². The molecule has 0 heterocycles. The quantitative estimate of drug-likeness (QED) is 0.843. The van der Waals surface area contributed by atoms with E-state index in [1.807, 2.05) is 6.92 Å². The molecule has 1 rings (SSSR count). The van der Waals surface area contributed by atoms with Crippen LogP contribution < -0.4 is 10.1 Å². The molecule has 0 amide bonds. The first-order chi connectivity index (χ1) is 8.83. The highest BCUT2D eigenvalue weighted by Gasteiger charge is 2.28. The Labute approximate surface area is 115 Å². The number of alkyl halides is 3. The fourth-order valence-electron chi connectivity index (χ4n) is 1.54. The third kappa shape index (κ3) is 5.70. The summed E-state index contributed by atoms with van der Waals surface area (Å²) in [5, 5.41) is 3.46. The minimum atomic E-state index is -4.36. The van der Waals surface area contributed by atoms with Crippen molar-refractivity contribution in [3.05, 3.63) is 28.8 Å². The van der Waals surface area contributed by atoms with Crippen molar-refractivity contribution in [2.45, 2.75) is 32.5 Å². The molecule has 0 aliphatic rings. The highest BCUT2D eigenvalue weighted by molar-refractivity contribution is 6.32. The van der Waals surface area contributed by atoms with Gasteiger partial charge in [0.15, 0.2) is 6.61 Å². The Bertz CT molecular complexity index is 409. The summed E-state index contributed by atoms with van der Waals surface area (Å²) in [5.74, 6) is 0.0467. The number of hydrogen-bond acceptors (Lipinski definition) is 2. The van der Waals surface area contributed by atoms with Gasteiger partial charge in [0.2, 0.25) is 0 Å².